The Morgan fingerprint density at radius 3 is 2.57 bits per heavy atom. The zero-order valence-corrected chi connectivity index (χ0v) is 13.2. The Balaban J connectivity index is 1.99. The first-order chi connectivity index (χ1) is 10.8. The second kappa shape index (κ2) is 6.87. The minimum atomic E-state index is -4.52. The second-order valence-electron chi connectivity index (χ2n) is 4.26. The van der Waals surface area contributed by atoms with Crippen molar-refractivity contribution in [3.05, 3.63) is 40.4 Å². The van der Waals surface area contributed by atoms with Crippen LogP contribution in [0.4, 0.5) is 18.9 Å². The van der Waals surface area contributed by atoms with Crippen molar-refractivity contribution in [2.75, 3.05) is 5.32 Å². The largest absolute Gasteiger partial charge is 0.418 e. The third-order valence-electron chi connectivity index (χ3n) is 2.63. The molecule has 1 aromatic carbocycles. The molecule has 23 heavy (non-hydrogen) atoms. The number of thiocarbonyl (C=S) groups is 1. The molecule has 0 spiro atoms. The van der Waals surface area contributed by atoms with E-state index in [0.29, 0.717) is 5.69 Å². The number of hydrogen-bond donors (Lipinski definition) is 3. The van der Waals surface area contributed by atoms with E-state index in [1.165, 1.54) is 18.2 Å². The lowest BCUT2D eigenvalue weighted by molar-refractivity contribution is -0.136. The molecule has 6 nitrogen and oxygen atoms in total. The van der Waals surface area contributed by atoms with Crippen molar-refractivity contribution in [1.29, 1.82) is 0 Å². The molecule has 1 amide bonds. The third kappa shape index (κ3) is 4.36. The van der Waals surface area contributed by atoms with E-state index in [9.17, 15) is 18.0 Å². The Morgan fingerprint density at radius 1 is 1.26 bits per heavy atom. The van der Waals surface area contributed by atoms with Gasteiger partial charge in [0, 0.05) is 0 Å². The molecule has 2 rings (SSSR count). The Labute approximate surface area is 138 Å². The standard InChI is InChI=1S/C12H10F3N5OS2/c1-6-9(23-20-17-6)10(21)18-19-11(22)16-8-5-3-2-4-7(8)12(13,14)15/h2-5H,1H3,(H,18,21)(H2,16,19,22). The molecule has 0 bridgehead atoms. The molecule has 0 aliphatic heterocycles. The van der Waals surface area contributed by atoms with Gasteiger partial charge in [0.25, 0.3) is 5.91 Å². The molecule has 0 atom stereocenters. The summed E-state index contributed by atoms with van der Waals surface area (Å²) in [5, 5.41) is 5.88. The van der Waals surface area contributed by atoms with Gasteiger partial charge in [-0.05, 0) is 42.8 Å². The molecule has 0 fully saturated rings. The fourth-order valence-corrected chi connectivity index (χ4v) is 2.32. The molecule has 1 aromatic heterocycles. The molecule has 0 aliphatic carbocycles. The summed E-state index contributed by atoms with van der Waals surface area (Å²) in [6.45, 7) is 1.61. The van der Waals surface area contributed by atoms with Crippen molar-refractivity contribution in [3.63, 3.8) is 0 Å². The quantitative estimate of drug-likeness (QED) is 0.563. The summed E-state index contributed by atoms with van der Waals surface area (Å²) in [7, 11) is 0. The summed E-state index contributed by atoms with van der Waals surface area (Å²) in [5.74, 6) is -0.536. The van der Waals surface area contributed by atoms with Crippen molar-refractivity contribution in [3.8, 4) is 0 Å². The SMILES string of the molecule is Cc1nnsc1C(=O)NNC(=S)Nc1ccccc1C(F)(F)F. The molecule has 11 heteroatoms. The van der Waals surface area contributed by atoms with E-state index in [1.54, 1.807) is 6.92 Å². The van der Waals surface area contributed by atoms with Crippen LogP contribution in [0.3, 0.4) is 0 Å². The number of benzene rings is 1. The lowest BCUT2D eigenvalue weighted by Gasteiger charge is -2.15. The minimum Gasteiger partial charge on any atom is -0.331 e. The van der Waals surface area contributed by atoms with E-state index in [2.05, 4.69) is 25.8 Å². The lowest BCUT2D eigenvalue weighted by Crippen LogP contribution is -2.43. The Kier molecular flexibility index (Phi) is 5.11. The number of alkyl halides is 3. The number of para-hydroxylation sites is 1. The average Bonchev–Trinajstić information content (AvgIpc) is 2.90. The highest BCUT2D eigenvalue weighted by Crippen LogP contribution is 2.34. The number of nitrogens with zero attached hydrogens (tertiary/aromatic N) is 2. The normalized spacial score (nSPS) is 11.0. The van der Waals surface area contributed by atoms with Gasteiger partial charge in [0.2, 0.25) is 0 Å². The first kappa shape index (κ1) is 17.1. The van der Waals surface area contributed by atoms with E-state index in [1.807, 2.05) is 0 Å². The van der Waals surface area contributed by atoms with Crippen molar-refractivity contribution >= 4 is 40.5 Å². The van der Waals surface area contributed by atoms with Gasteiger partial charge in [0.15, 0.2) is 5.11 Å². The van der Waals surface area contributed by atoms with Gasteiger partial charge in [-0.3, -0.25) is 15.6 Å². The smallest absolute Gasteiger partial charge is 0.331 e. The lowest BCUT2D eigenvalue weighted by atomic mass is 10.2. The Morgan fingerprint density at radius 2 is 1.96 bits per heavy atom. The van der Waals surface area contributed by atoms with Crippen LogP contribution >= 0.6 is 23.8 Å². The minimum absolute atomic E-state index is 0.190. The van der Waals surface area contributed by atoms with Gasteiger partial charge >= 0.3 is 6.18 Å². The first-order valence-electron chi connectivity index (χ1n) is 6.11. The van der Waals surface area contributed by atoms with Gasteiger partial charge < -0.3 is 5.32 Å². The van der Waals surface area contributed by atoms with Crippen LogP contribution in [-0.2, 0) is 6.18 Å². The molecule has 0 unspecified atom stereocenters. The van der Waals surface area contributed by atoms with Crippen LogP contribution < -0.4 is 16.2 Å². The monoisotopic (exact) mass is 361 g/mol. The summed E-state index contributed by atoms with van der Waals surface area (Å²) in [6, 6.07) is 4.86. The zero-order chi connectivity index (χ0) is 17.0. The molecule has 2 aromatic rings. The highest BCUT2D eigenvalue weighted by molar-refractivity contribution is 7.80. The number of anilines is 1. The summed E-state index contributed by atoms with van der Waals surface area (Å²) in [4.78, 5) is 12.1. The molecule has 0 saturated heterocycles. The maximum Gasteiger partial charge on any atom is 0.418 e. The van der Waals surface area contributed by atoms with E-state index >= 15 is 0 Å². The summed E-state index contributed by atoms with van der Waals surface area (Å²) in [6.07, 6.45) is -4.52. The number of aryl methyl sites for hydroxylation is 1. The van der Waals surface area contributed by atoms with Crippen LogP contribution in [0.5, 0.6) is 0 Å². The molecular formula is C12H10F3N5OS2. The highest BCUT2D eigenvalue weighted by atomic mass is 32.1. The maximum atomic E-state index is 12.9. The van der Waals surface area contributed by atoms with Crippen LogP contribution in [0, 0.1) is 6.92 Å². The van der Waals surface area contributed by atoms with Gasteiger partial charge in [-0.1, -0.05) is 16.6 Å². The first-order valence-corrected chi connectivity index (χ1v) is 7.29. The van der Waals surface area contributed by atoms with E-state index < -0.39 is 17.6 Å². The fraction of sp³-hybridized carbons (Fsp3) is 0.167. The highest BCUT2D eigenvalue weighted by Gasteiger charge is 2.33. The predicted octanol–water partition coefficient (Wildman–Crippen LogP) is 2.50. The predicted molar refractivity (Wildman–Crippen MR) is 82.9 cm³/mol. The number of carbonyl (C=O) groups excluding carboxylic acids is 1. The van der Waals surface area contributed by atoms with E-state index in [-0.39, 0.29) is 15.7 Å². The Bertz CT molecular complexity index is 731. The number of aromatic nitrogens is 2. The molecule has 3 N–H and O–H groups in total. The summed E-state index contributed by atoms with van der Waals surface area (Å²) in [5.41, 5.74) is 3.95. The topological polar surface area (TPSA) is 78.9 Å². The third-order valence-corrected chi connectivity index (χ3v) is 3.66. The van der Waals surface area contributed by atoms with E-state index in [0.717, 1.165) is 17.6 Å². The van der Waals surface area contributed by atoms with Crippen LogP contribution in [0.1, 0.15) is 20.9 Å². The van der Waals surface area contributed by atoms with E-state index in [4.69, 9.17) is 12.2 Å². The van der Waals surface area contributed by atoms with Gasteiger partial charge in [-0.15, -0.1) is 5.10 Å². The van der Waals surface area contributed by atoms with Gasteiger partial charge in [-0.2, -0.15) is 13.2 Å². The van der Waals surface area contributed by atoms with Crippen LogP contribution in [0.2, 0.25) is 0 Å². The van der Waals surface area contributed by atoms with Gasteiger partial charge in [-0.25, -0.2) is 0 Å². The van der Waals surface area contributed by atoms with Crippen LogP contribution in [0.15, 0.2) is 24.3 Å². The summed E-state index contributed by atoms with van der Waals surface area (Å²) >= 11 is 5.76. The number of nitrogens with one attached hydrogen (secondary N) is 3. The molecule has 122 valence electrons. The molecule has 0 radical (unpaired) electrons. The van der Waals surface area contributed by atoms with Crippen molar-refractivity contribution in [2.24, 2.45) is 0 Å². The second-order valence-corrected chi connectivity index (χ2v) is 5.43. The van der Waals surface area contributed by atoms with Crippen molar-refractivity contribution < 1.29 is 18.0 Å². The number of hydrogen-bond acceptors (Lipinski definition) is 5. The molecular weight excluding hydrogens is 351 g/mol. The average molecular weight is 361 g/mol. The number of rotatable bonds is 2. The van der Waals surface area contributed by atoms with Gasteiger partial charge in [0.05, 0.1) is 16.9 Å². The van der Waals surface area contributed by atoms with Gasteiger partial charge in [0.1, 0.15) is 4.88 Å². The molecule has 0 saturated carbocycles. The zero-order valence-electron chi connectivity index (χ0n) is 11.6. The van der Waals surface area contributed by atoms with Crippen LogP contribution in [-0.4, -0.2) is 20.6 Å². The van der Waals surface area contributed by atoms with Crippen LogP contribution in [0.25, 0.3) is 0 Å². The fourth-order valence-electron chi connectivity index (χ4n) is 1.60. The molecule has 1 heterocycles. The number of carbonyl (C=O) groups is 1. The number of hydrazine groups is 1. The van der Waals surface area contributed by atoms with Crippen molar-refractivity contribution in [2.45, 2.75) is 13.1 Å². The summed E-state index contributed by atoms with van der Waals surface area (Å²) < 4.78 is 42.2. The maximum absolute atomic E-state index is 12.9. The Hall–Kier alpha value is -2.27. The number of halogens is 3. The van der Waals surface area contributed by atoms with Crippen molar-refractivity contribution in [1.82, 2.24) is 20.4 Å². The molecule has 0 aliphatic rings. The number of amides is 1.